The Morgan fingerprint density at radius 3 is 2.21 bits per heavy atom. The Hall–Kier alpha value is -4.03. The summed E-state index contributed by atoms with van der Waals surface area (Å²) in [5.74, 6) is -2.33. The quantitative estimate of drug-likeness (QED) is 0.138. The summed E-state index contributed by atoms with van der Waals surface area (Å²) in [6, 6.07) is 12.9. The van der Waals surface area contributed by atoms with E-state index in [0.29, 0.717) is 22.7 Å². The number of carbonyl (C=O) groups excluding carboxylic acids is 3. The van der Waals surface area contributed by atoms with Crippen molar-refractivity contribution in [2.75, 3.05) is 26.1 Å². The topological polar surface area (TPSA) is 131 Å². The molecular weight excluding hydrogens is 572 g/mol. The Morgan fingerprint density at radius 2 is 1.65 bits per heavy atom. The van der Waals surface area contributed by atoms with E-state index in [4.69, 9.17) is 28.1 Å². The molecule has 2 aromatic carbocycles. The normalized spacial score (nSPS) is 15.5. The number of benzene rings is 2. The minimum atomic E-state index is -2.36. The molecule has 234 valence electrons. The van der Waals surface area contributed by atoms with E-state index in [9.17, 15) is 14.4 Å². The molecule has 1 unspecified atom stereocenters. The summed E-state index contributed by atoms with van der Waals surface area (Å²) in [6.45, 7) is 13.8. The molecule has 3 rings (SSSR count). The number of ether oxygens (including phenoxy) is 5. The number of hydrogen-bond acceptors (Lipinski definition) is 10. The van der Waals surface area contributed by atoms with Crippen LogP contribution in [-0.2, 0) is 34.8 Å². The Labute approximate surface area is 253 Å². The van der Waals surface area contributed by atoms with Crippen LogP contribution in [0.2, 0.25) is 18.1 Å². The van der Waals surface area contributed by atoms with Gasteiger partial charge in [-0.2, -0.15) is 0 Å². The average Bonchev–Trinajstić information content (AvgIpc) is 2.92. The molecule has 0 radical (unpaired) electrons. The molecule has 0 saturated carbocycles. The summed E-state index contributed by atoms with van der Waals surface area (Å²) >= 11 is 0. The second-order valence-corrected chi connectivity index (χ2v) is 16.8. The van der Waals surface area contributed by atoms with E-state index in [2.05, 4.69) is 44.5 Å². The van der Waals surface area contributed by atoms with E-state index < -0.39 is 38.2 Å². The molecule has 1 atom stereocenters. The number of carbonyl (C=O) groups is 3. The lowest BCUT2D eigenvalue weighted by atomic mass is 10.1. The smallest absolute Gasteiger partial charge is 0.407 e. The van der Waals surface area contributed by atoms with Crippen LogP contribution in [0.5, 0.6) is 11.5 Å². The van der Waals surface area contributed by atoms with Gasteiger partial charge in [-0.3, -0.25) is 0 Å². The number of alkyl carbamates (subject to hydrolysis) is 1. The Balaban J connectivity index is 1.93. The lowest BCUT2D eigenvalue weighted by molar-refractivity contribution is -0.222. The van der Waals surface area contributed by atoms with Gasteiger partial charge < -0.3 is 38.7 Å². The molecule has 0 bridgehead atoms. The Morgan fingerprint density at radius 1 is 1.02 bits per heavy atom. The molecule has 2 N–H and O–H groups in total. The second-order valence-electron chi connectivity index (χ2n) is 12.0. The van der Waals surface area contributed by atoms with Gasteiger partial charge in [-0.05, 0) is 41.4 Å². The fourth-order valence-electron chi connectivity index (χ4n) is 3.92. The summed E-state index contributed by atoms with van der Waals surface area (Å²) in [5, 5.41) is 5.66. The predicted octanol–water partition coefficient (Wildman–Crippen LogP) is 5.83. The van der Waals surface area contributed by atoms with Crippen molar-refractivity contribution in [3.8, 4) is 11.5 Å². The molecule has 11 nitrogen and oxygen atoms in total. The first-order valence-electron chi connectivity index (χ1n) is 13.9. The molecule has 2 aromatic rings. The maximum absolute atomic E-state index is 12.7. The minimum Gasteiger partial charge on any atom is -0.493 e. The molecule has 1 fully saturated rings. The largest absolute Gasteiger partial charge is 0.493 e. The SMILES string of the molecule is COc1cc(C(CNC(=O)OCc2ccccc2)O[Si](C)(C)C(C)(C)C)cc(NC=C2C(=O)OC(C)(C)OC2=O)c1OC. The molecule has 1 amide bonds. The third-order valence-electron chi connectivity index (χ3n) is 7.25. The summed E-state index contributed by atoms with van der Waals surface area (Å²) in [5.41, 5.74) is 1.58. The highest BCUT2D eigenvalue weighted by atomic mass is 28.4. The zero-order valence-corrected chi connectivity index (χ0v) is 27.3. The highest BCUT2D eigenvalue weighted by Gasteiger charge is 2.41. The zero-order chi connectivity index (χ0) is 32.0. The van der Waals surface area contributed by atoms with Gasteiger partial charge in [-0.25, -0.2) is 14.4 Å². The van der Waals surface area contributed by atoms with Crippen LogP contribution in [0.25, 0.3) is 0 Å². The number of esters is 2. The number of nitrogens with one attached hydrogen (secondary N) is 2. The molecule has 0 spiro atoms. The van der Waals surface area contributed by atoms with Crippen LogP contribution >= 0.6 is 0 Å². The standard InChI is InChI=1S/C31H42N2O9Si/c1-30(2,3)43(8,9)42-25(18-33-29(36)39-19-20-13-11-10-12-14-20)21-15-23(26(38-7)24(16-21)37-6)32-17-22-27(34)40-31(4,5)41-28(22)35/h10-17,25,32H,18-19H2,1-9H3,(H,33,36). The Bertz CT molecular complexity index is 1330. The minimum absolute atomic E-state index is 0.101. The first-order chi connectivity index (χ1) is 20.1. The molecule has 0 aliphatic carbocycles. The lowest BCUT2D eigenvalue weighted by Crippen LogP contribution is -2.44. The van der Waals surface area contributed by atoms with Crippen molar-refractivity contribution in [2.45, 2.75) is 71.2 Å². The average molecular weight is 615 g/mol. The molecular formula is C31H42N2O9Si. The van der Waals surface area contributed by atoms with Gasteiger partial charge in [-0.1, -0.05) is 51.1 Å². The van der Waals surface area contributed by atoms with Crippen molar-refractivity contribution < 1.29 is 42.5 Å². The summed E-state index contributed by atoms with van der Waals surface area (Å²) in [7, 11) is 0.602. The molecule has 43 heavy (non-hydrogen) atoms. The van der Waals surface area contributed by atoms with E-state index in [1.807, 2.05) is 30.3 Å². The molecule has 1 heterocycles. The fraction of sp³-hybridized carbons (Fsp3) is 0.452. The number of rotatable bonds is 11. The van der Waals surface area contributed by atoms with Gasteiger partial charge in [0.1, 0.15) is 6.61 Å². The number of methoxy groups -OCH3 is 2. The molecule has 1 aliphatic heterocycles. The van der Waals surface area contributed by atoms with Crippen LogP contribution in [0.3, 0.4) is 0 Å². The van der Waals surface area contributed by atoms with Crippen LogP contribution in [0.15, 0.2) is 54.2 Å². The predicted molar refractivity (Wildman–Crippen MR) is 163 cm³/mol. The van der Waals surface area contributed by atoms with Gasteiger partial charge in [0.05, 0.1) is 32.6 Å². The molecule has 0 aromatic heterocycles. The van der Waals surface area contributed by atoms with Crippen molar-refractivity contribution in [3.05, 3.63) is 65.4 Å². The van der Waals surface area contributed by atoms with E-state index in [0.717, 1.165) is 5.56 Å². The maximum atomic E-state index is 12.7. The number of hydrogen-bond donors (Lipinski definition) is 2. The highest BCUT2D eigenvalue weighted by molar-refractivity contribution is 6.74. The van der Waals surface area contributed by atoms with Crippen molar-refractivity contribution in [1.29, 1.82) is 0 Å². The number of cyclic esters (lactones) is 2. The van der Waals surface area contributed by atoms with Gasteiger partial charge in [0, 0.05) is 20.0 Å². The number of anilines is 1. The van der Waals surface area contributed by atoms with E-state index in [1.165, 1.54) is 34.3 Å². The van der Waals surface area contributed by atoms with Gasteiger partial charge in [0.2, 0.25) is 0 Å². The second kappa shape index (κ2) is 13.5. The van der Waals surface area contributed by atoms with Crippen LogP contribution in [-0.4, -0.2) is 52.9 Å². The monoisotopic (exact) mass is 614 g/mol. The van der Waals surface area contributed by atoms with Crippen LogP contribution < -0.4 is 20.1 Å². The maximum Gasteiger partial charge on any atom is 0.407 e. The fourth-order valence-corrected chi connectivity index (χ4v) is 5.20. The van der Waals surface area contributed by atoms with Gasteiger partial charge in [0.25, 0.3) is 5.79 Å². The van der Waals surface area contributed by atoms with Gasteiger partial charge in [-0.15, -0.1) is 0 Å². The first-order valence-corrected chi connectivity index (χ1v) is 16.8. The summed E-state index contributed by atoms with van der Waals surface area (Å²) < 4.78 is 33.7. The van der Waals surface area contributed by atoms with Crippen molar-refractivity contribution in [1.82, 2.24) is 5.32 Å². The first kappa shape index (κ1) is 33.5. The van der Waals surface area contributed by atoms with Crippen LogP contribution in [0.4, 0.5) is 10.5 Å². The lowest BCUT2D eigenvalue weighted by Gasteiger charge is -2.39. The zero-order valence-electron chi connectivity index (χ0n) is 26.3. The summed E-state index contributed by atoms with van der Waals surface area (Å²) in [6.07, 6.45) is 0.00115. The molecule has 12 heteroatoms. The van der Waals surface area contributed by atoms with E-state index >= 15 is 0 Å². The van der Waals surface area contributed by atoms with Gasteiger partial charge in [0.15, 0.2) is 25.4 Å². The summed E-state index contributed by atoms with van der Waals surface area (Å²) in [4.78, 5) is 37.6. The number of amides is 1. The van der Waals surface area contributed by atoms with Crippen molar-refractivity contribution >= 4 is 32.0 Å². The van der Waals surface area contributed by atoms with E-state index in [-0.39, 0.29) is 23.8 Å². The van der Waals surface area contributed by atoms with E-state index in [1.54, 1.807) is 12.1 Å². The van der Waals surface area contributed by atoms with Crippen molar-refractivity contribution in [2.24, 2.45) is 0 Å². The molecule has 1 aliphatic rings. The van der Waals surface area contributed by atoms with Crippen LogP contribution in [0, 0.1) is 0 Å². The van der Waals surface area contributed by atoms with Crippen molar-refractivity contribution in [3.63, 3.8) is 0 Å². The third kappa shape index (κ3) is 8.74. The third-order valence-corrected chi connectivity index (χ3v) is 11.7. The Kier molecular flexibility index (Phi) is 10.5. The highest BCUT2D eigenvalue weighted by Crippen LogP contribution is 2.43. The van der Waals surface area contributed by atoms with Gasteiger partial charge >= 0.3 is 18.0 Å². The van der Waals surface area contributed by atoms with Crippen LogP contribution in [0.1, 0.15) is 51.8 Å². The molecule has 1 saturated heterocycles.